The summed E-state index contributed by atoms with van der Waals surface area (Å²) in [5.41, 5.74) is 5.95. The maximum Gasteiger partial charge on any atom is 0.0701 e. The van der Waals surface area contributed by atoms with E-state index in [1.165, 1.54) is 6.42 Å². The van der Waals surface area contributed by atoms with Crippen LogP contribution in [0, 0.1) is 0 Å². The molecule has 1 aliphatic heterocycles. The van der Waals surface area contributed by atoms with Crippen LogP contribution in [0.15, 0.2) is 0 Å². The van der Waals surface area contributed by atoms with Gasteiger partial charge in [0.15, 0.2) is 0 Å². The van der Waals surface area contributed by atoms with Gasteiger partial charge in [0.1, 0.15) is 0 Å². The molecule has 0 aromatic heterocycles. The van der Waals surface area contributed by atoms with E-state index in [0.29, 0.717) is 39.6 Å². The largest absolute Gasteiger partial charge is 0.379 e. The Morgan fingerprint density at radius 1 is 1.00 bits per heavy atom. The molecule has 0 amide bonds. The molecule has 1 saturated heterocycles. The van der Waals surface area contributed by atoms with Crippen LogP contribution in [-0.4, -0.2) is 58.4 Å². The summed E-state index contributed by atoms with van der Waals surface area (Å²) in [5, 5.41) is 0. The van der Waals surface area contributed by atoms with Crippen LogP contribution in [0.5, 0.6) is 0 Å². The highest BCUT2D eigenvalue weighted by atomic mass is 16.5. The average Bonchev–Trinajstić information content (AvgIpc) is 2.83. The average molecular weight is 275 g/mol. The van der Waals surface area contributed by atoms with E-state index in [0.717, 1.165) is 32.5 Å². The fourth-order valence-corrected chi connectivity index (χ4v) is 1.88. The van der Waals surface area contributed by atoms with Crippen molar-refractivity contribution in [2.45, 2.75) is 38.1 Å². The molecule has 0 aliphatic carbocycles. The topological polar surface area (TPSA) is 62.9 Å². The predicted molar refractivity (Wildman–Crippen MR) is 74.3 cm³/mol. The third kappa shape index (κ3) is 8.55. The van der Waals surface area contributed by atoms with Crippen molar-refractivity contribution < 1.29 is 18.9 Å². The molecular formula is C14H29NO4. The maximum absolute atomic E-state index is 6.13. The minimum absolute atomic E-state index is 0.173. The van der Waals surface area contributed by atoms with Crippen LogP contribution in [0.1, 0.15) is 32.6 Å². The smallest absolute Gasteiger partial charge is 0.0701 e. The molecule has 5 heteroatoms. The maximum atomic E-state index is 6.13. The second-order valence-electron chi connectivity index (χ2n) is 5.11. The quantitative estimate of drug-likeness (QED) is 0.545. The van der Waals surface area contributed by atoms with Gasteiger partial charge in [-0.05, 0) is 19.3 Å². The van der Waals surface area contributed by atoms with E-state index in [9.17, 15) is 0 Å². The van der Waals surface area contributed by atoms with Crippen molar-refractivity contribution in [3.63, 3.8) is 0 Å². The van der Waals surface area contributed by atoms with E-state index in [4.69, 9.17) is 24.7 Å². The van der Waals surface area contributed by atoms with Crippen LogP contribution in [-0.2, 0) is 18.9 Å². The Morgan fingerprint density at radius 3 is 2.21 bits per heavy atom. The lowest BCUT2D eigenvalue weighted by Crippen LogP contribution is -2.41. The Bertz CT molecular complexity index is 208. The first-order valence-electron chi connectivity index (χ1n) is 7.37. The fraction of sp³-hybridized carbons (Fsp3) is 1.00. The summed E-state index contributed by atoms with van der Waals surface area (Å²) in [6.07, 6.45) is 4.07. The summed E-state index contributed by atoms with van der Waals surface area (Å²) in [6.45, 7) is 7.63. The van der Waals surface area contributed by atoms with E-state index >= 15 is 0 Å². The minimum atomic E-state index is -0.173. The predicted octanol–water partition coefficient (Wildman–Crippen LogP) is 1.34. The highest BCUT2D eigenvalue weighted by molar-refractivity contribution is 4.87. The van der Waals surface area contributed by atoms with Crippen LogP contribution in [0.2, 0.25) is 0 Å². The summed E-state index contributed by atoms with van der Waals surface area (Å²) in [6, 6.07) is 0. The van der Waals surface area contributed by atoms with Crippen LogP contribution >= 0.6 is 0 Å². The zero-order valence-corrected chi connectivity index (χ0v) is 12.2. The number of hydrogen-bond acceptors (Lipinski definition) is 5. The molecule has 0 saturated carbocycles. The van der Waals surface area contributed by atoms with Gasteiger partial charge in [-0.15, -0.1) is 0 Å². The first-order chi connectivity index (χ1) is 9.27. The first kappa shape index (κ1) is 16.9. The van der Waals surface area contributed by atoms with Crippen molar-refractivity contribution in [1.29, 1.82) is 0 Å². The van der Waals surface area contributed by atoms with E-state index in [1.54, 1.807) is 0 Å². The summed E-state index contributed by atoms with van der Waals surface area (Å²) in [4.78, 5) is 0. The molecule has 1 heterocycles. The van der Waals surface area contributed by atoms with Crippen LogP contribution in [0.25, 0.3) is 0 Å². The molecule has 19 heavy (non-hydrogen) atoms. The number of nitrogens with two attached hydrogens (primary N) is 1. The molecule has 1 aliphatic rings. The lowest BCUT2D eigenvalue weighted by molar-refractivity contribution is 0.0107. The molecule has 1 atom stereocenters. The summed E-state index contributed by atoms with van der Waals surface area (Å²) >= 11 is 0. The minimum Gasteiger partial charge on any atom is -0.379 e. The molecule has 0 aromatic rings. The number of ether oxygens (including phenoxy) is 4. The molecule has 1 fully saturated rings. The molecule has 114 valence electrons. The Hall–Kier alpha value is -0.200. The van der Waals surface area contributed by atoms with E-state index < -0.39 is 0 Å². The Kier molecular flexibility index (Phi) is 9.38. The molecular weight excluding hydrogens is 246 g/mol. The zero-order valence-electron chi connectivity index (χ0n) is 12.2. The Balaban J connectivity index is 1.76. The SMILES string of the molecule is CCCCOCCOCCOCCC1(N)CCOC1. The van der Waals surface area contributed by atoms with Crippen molar-refractivity contribution in [3.8, 4) is 0 Å². The van der Waals surface area contributed by atoms with E-state index in [1.807, 2.05) is 0 Å². The molecule has 1 rings (SSSR count). The normalized spacial score (nSPS) is 23.1. The zero-order chi connectivity index (χ0) is 13.8. The van der Waals surface area contributed by atoms with Gasteiger partial charge in [-0.2, -0.15) is 0 Å². The standard InChI is InChI=1S/C14H29NO4/c1-2-3-6-16-9-11-18-12-10-17-7-4-14(15)5-8-19-13-14/h2-13,15H2,1H3. The number of rotatable bonds is 12. The van der Waals surface area contributed by atoms with E-state index in [-0.39, 0.29) is 5.54 Å². The van der Waals surface area contributed by atoms with Gasteiger partial charge in [-0.25, -0.2) is 0 Å². The van der Waals surface area contributed by atoms with Crippen molar-refractivity contribution in [2.75, 3.05) is 52.9 Å². The van der Waals surface area contributed by atoms with Gasteiger partial charge < -0.3 is 24.7 Å². The molecule has 0 spiro atoms. The summed E-state index contributed by atoms with van der Waals surface area (Å²) < 4.78 is 21.6. The lowest BCUT2D eigenvalue weighted by atomic mass is 9.97. The highest BCUT2D eigenvalue weighted by Crippen LogP contribution is 2.18. The molecule has 1 unspecified atom stereocenters. The van der Waals surface area contributed by atoms with Gasteiger partial charge in [0.2, 0.25) is 0 Å². The second kappa shape index (κ2) is 10.6. The third-order valence-corrected chi connectivity index (χ3v) is 3.26. The Labute approximate surface area is 116 Å². The molecule has 0 radical (unpaired) electrons. The van der Waals surface area contributed by atoms with Gasteiger partial charge in [-0.3, -0.25) is 0 Å². The number of unbranched alkanes of at least 4 members (excludes halogenated alkanes) is 1. The van der Waals surface area contributed by atoms with Gasteiger partial charge in [0.05, 0.1) is 33.0 Å². The van der Waals surface area contributed by atoms with Crippen LogP contribution in [0.3, 0.4) is 0 Å². The molecule has 0 bridgehead atoms. The monoisotopic (exact) mass is 275 g/mol. The van der Waals surface area contributed by atoms with Gasteiger partial charge >= 0.3 is 0 Å². The van der Waals surface area contributed by atoms with Gasteiger partial charge in [0, 0.05) is 25.4 Å². The van der Waals surface area contributed by atoms with Crippen molar-refractivity contribution in [1.82, 2.24) is 0 Å². The second-order valence-corrected chi connectivity index (χ2v) is 5.11. The van der Waals surface area contributed by atoms with Crippen molar-refractivity contribution in [3.05, 3.63) is 0 Å². The Morgan fingerprint density at radius 2 is 1.63 bits per heavy atom. The third-order valence-electron chi connectivity index (χ3n) is 3.26. The summed E-state index contributed by atoms with van der Waals surface area (Å²) in [7, 11) is 0. The summed E-state index contributed by atoms with van der Waals surface area (Å²) in [5.74, 6) is 0. The van der Waals surface area contributed by atoms with Crippen LogP contribution in [0.4, 0.5) is 0 Å². The first-order valence-corrected chi connectivity index (χ1v) is 7.37. The van der Waals surface area contributed by atoms with E-state index in [2.05, 4.69) is 6.92 Å². The fourth-order valence-electron chi connectivity index (χ4n) is 1.88. The number of hydrogen-bond donors (Lipinski definition) is 1. The lowest BCUT2D eigenvalue weighted by Gasteiger charge is -2.21. The van der Waals surface area contributed by atoms with Crippen LogP contribution < -0.4 is 5.73 Å². The highest BCUT2D eigenvalue weighted by Gasteiger charge is 2.29. The van der Waals surface area contributed by atoms with Gasteiger partial charge in [-0.1, -0.05) is 13.3 Å². The van der Waals surface area contributed by atoms with Gasteiger partial charge in [0.25, 0.3) is 0 Å². The molecule has 5 nitrogen and oxygen atoms in total. The molecule has 0 aromatic carbocycles. The van der Waals surface area contributed by atoms with Crippen molar-refractivity contribution >= 4 is 0 Å². The van der Waals surface area contributed by atoms with Crippen molar-refractivity contribution in [2.24, 2.45) is 5.73 Å². The molecule has 2 N–H and O–H groups in total.